The van der Waals surface area contributed by atoms with Crippen LogP contribution in [0.3, 0.4) is 0 Å². The topological polar surface area (TPSA) is 71.5 Å². The van der Waals surface area contributed by atoms with Gasteiger partial charge in [0.05, 0.1) is 23.2 Å². The second-order valence-corrected chi connectivity index (χ2v) is 7.66. The molecule has 0 saturated carbocycles. The van der Waals surface area contributed by atoms with E-state index in [9.17, 15) is 9.59 Å². The SMILES string of the molecule is CCc1nc(CNC(=O)C2CCN(C(=O)OC(C)(C)C)C2)cs1. The molecule has 1 aromatic heterocycles. The summed E-state index contributed by atoms with van der Waals surface area (Å²) in [5.41, 5.74) is 0.376. The lowest BCUT2D eigenvalue weighted by Gasteiger charge is -2.24. The van der Waals surface area contributed by atoms with Crippen molar-refractivity contribution in [1.82, 2.24) is 15.2 Å². The molecule has 2 amide bonds. The van der Waals surface area contributed by atoms with E-state index >= 15 is 0 Å². The van der Waals surface area contributed by atoms with Gasteiger partial charge >= 0.3 is 6.09 Å². The lowest BCUT2D eigenvalue weighted by molar-refractivity contribution is -0.124. The van der Waals surface area contributed by atoms with Crippen molar-refractivity contribution in [3.05, 3.63) is 16.1 Å². The minimum absolute atomic E-state index is 0.0258. The predicted molar refractivity (Wildman–Crippen MR) is 89.3 cm³/mol. The Morgan fingerprint density at radius 3 is 2.83 bits per heavy atom. The van der Waals surface area contributed by atoms with E-state index in [2.05, 4.69) is 17.2 Å². The second-order valence-electron chi connectivity index (χ2n) is 6.72. The molecule has 1 N–H and O–H groups in total. The quantitative estimate of drug-likeness (QED) is 0.915. The number of ether oxygens (including phenoxy) is 1. The maximum atomic E-state index is 12.2. The lowest BCUT2D eigenvalue weighted by Crippen LogP contribution is -2.37. The first-order chi connectivity index (χ1) is 10.8. The van der Waals surface area contributed by atoms with Crippen molar-refractivity contribution in [2.45, 2.75) is 52.7 Å². The number of thiazole rings is 1. The molecule has 1 unspecified atom stereocenters. The van der Waals surface area contributed by atoms with Crippen LogP contribution in [0.1, 0.15) is 44.8 Å². The van der Waals surface area contributed by atoms with E-state index in [1.807, 2.05) is 26.2 Å². The van der Waals surface area contributed by atoms with Crippen molar-refractivity contribution < 1.29 is 14.3 Å². The monoisotopic (exact) mass is 339 g/mol. The summed E-state index contributed by atoms with van der Waals surface area (Å²) in [5.74, 6) is -0.200. The summed E-state index contributed by atoms with van der Waals surface area (Å²) < 4.78 is 5.34. The van der Waals surface area contributed by atoms with Gasteiger partial charge in [0.25, 0.3) is 0 Å². The van der Waals surface area contributed by atoms with E-state index in [4.69, 9.17) is 4.74 Å². The third kappa shape index (κ3) is 5.20. The number of nitrogens with one attached hydrogen (secondary N) is 1. The average Bonchev–Trinajstić information content (AvgIpc) is 3.12. The van der Waals surface area contributed by atoms with E-state index in [-0.39, 0.29) is 17.9 Å². The standard InChI is InChI=1S/C16H25N3O3S/c1-5-13-18-12(10-23-13)8-17-14(20)11-6-7-19(9-11)15(21)22-16(2,3)4/h10-11H,5-9H2,1-4H3,(H,17,20). The van der Waals surface area contributed by atoms with Crippen molar-refractivity contribution in [2.75, 3.05) is 13.1 Å². The van der Waals surface area contributed by atoms with Gasteiger partial charge in [-0.25, -0.2) is 9.78 Å². The van der Waals surface area contributed by atoms with Gasteiger partial charge in [-0.1, -0.05) is 6.92 Å². The van der Waals surface area contributed by atoms with E-state index in [1.54, 1.807) is 16.2 Å². The first kappa shape index (κ1) is 17.7. The van der Waals surface area contributed by atoms with Gasteiger partial charge in [0.1, 0.15) is 5.60 Å². The predicted octanol–water partition coefficient (Wildman–Crippen LogP) is 2.58. The highest BCUT2D eigenvalue weighted by Gasteiger charge is 2.33. The third-order valence-electron chi connectivity index (χ3n) is 3.56. The first-order valence-electron chi connectivity index (χ1n) is 7.97. The Labute approximate surface area is 141 Å². The Morgan fingerprint density at radius 2 is 2.22 bits per heavy atom. The number of rotatable bonds is 4. The average molecular weight is 339 g/mol. The Bertz CT molecular complexity index is 565. The molecule has 1 atom stereocenters. The number of aryl methyl sites for hydroxylation is 1. The molecule has 7 heteroatoms. The lowest BCUT2D eigenvalue weighted by atomic mass is 10.1. The molecule has 1 aliphatic heterocycles. The van der Waals surface area contributed by atoms with Crippen LogP contribution < -0.4 is 5.32 Å². The number of amides is 2. The van der Waals surface area contributed by atoms with Gasteiger partial charge in [-0.15, -0.1) is 11.3 Å². The Balaban J connectivity index is 1.79. The summed E-state index contributed by atoms with van der Waals surface area (Å²) in [5, 5.41) is 5.96. The van der Waals surface area contributed by atoms with Crippen LogP contribution in [0.2, 0.25) is 0 Å². The maximum absolute atomic E-state index is 12.2. The van der Waals surface area contributed by atoms with E-state index in [0.29, 0.717) is 26.1 Å². The van der Waals surface area contributed by atoms with Crippen molar-refractivity contribution in [1.29, 1.82) is 0 Å². The molecule has 1 aromatic rings. The minimum Gasteiger partial charge on any atom is -0.444 e. The Hall–Kier alpha value is -1.63. The minimum atomic E-state index is -0.515. The van der Waals surface area contributed by atoms with E-state index in [0.717, 1.165) is 17.1 Å². The number of aromatic nitrogens is 1. The number of hydrogen-bond acceptors (Lipinski definition) is 5. The van der Waals surface area contributed by atoms with Crippen molar-refractivity contribution in [2.24, 2.45) is 5.92 Å². The number of carbonyl (C=O) groups is 2. The van der Waals surface area contributed by atoms with Gasteiger partial charge in [0, 0.05) is 18.5 Å². The van der Waals surface area contributed by atoms with Crippen LogP contribution in [0.25, 0.3) is 0 Å². The summed E-state index contributed by atoms with van der Waals surface area (Å²) in [4.78, 5) is 30.3. The number of nitrogens with zero attached hydrogens (tertiary/aromatic N) is 2. The van der Waals surface area contributed by atoms with E-state index < -0.39 is 5.60 Å². The van der Waals surface area contributed by atoms with Gasteiger partial charge in [-0.2, -0.15) is 0 Å². The summed E-state index contributed by atoms with van der Waals surface area (Å²) in [7, 11) is 0. The fourth-order valence-corrected chi connectivity index (χ4v) is 3.13. The molecule has 1 saturated heterocycles. The molecule has 1 fully saturated rings. The van der Waals surface area contributed by atoms with Gasteiger partial charge in [0.15, 0.2) is 0 Å². The van der Waals surface area contributed by atoms with Gasteiger partial charge < -0.3 is 15.0 Å². The molecular formula is C16H25N3O3S. The summed E-state index contributed by atoms with van der Waals surface area (Å²) >= 11 is 1.61. The second kappa shape index (κ2) is 7.29. The van der Waals surface area contributed by atoms with Gasteiger partial charge in [-0.05, 0) is 33.6 Å². The van der Waals surface area contributed by atoms with Crippen LogP contribution in [0, 0.1) is 5.92 Å². The van der Waals surface area contributed by atoms with Crippen LogP contribution >= 0.6 is 11.3 Å². The van der Waals surface area contributed by atoms with Crippen LogP contribution in [0.15, 0.2) is 5.38 Å². The van der Waals surface area contributed by atoms with Crippen molar-refractivity contribution >= 4 is 23.3 Å². The fraction of sp³-hybridized carbons (Fsp3) is 0.688. The molecule has 0 aromatic carbocycles. The highest BCUT2D eigenvalue weighted by molar-refractivity contribution is 7.09. The maximum Gasteiger partial charge on any atom is 0.410 e. The molecule has 0 radical (unpaired) electrons. The van der Waals surface area contributed by atoms with Crippen molar-refractivity contribution in [3.63, 3.8) is 0 Å². The van der Waals surface area contributed by atoms with Crippen LogP contribution in [0.5, 0.6) is 0 Å². The van der Waals surface area contributed by atoms with Crippen LogP contribution in [-0.4, -0.2) is 40.6 Å². The molecule has 0 bridgehead atoms. The molecule has 6 nitrogen and oxygen atoms in total. The van der Waals surface area contributed by atoms with Gasteiger partial charge in [0.2, 0.25) is 5.91 Å². The molecule has 1 aliphatic rings. The molecule has 0 spiro atoms. The van der Waals surface area contributed by atoms with Gasteiger partial charge in [-0.3, -0.25) is 4.79 Å². The first-order valence-corrected chi connectivity index (χ1v) is 8.85. The summed E-state index contributed by atoms with van der Waals surface area (Å²) in [6.45, 7) is 8.99. The zero-order valence-electron chi connectivity index (χ0n) is 14.2. The molecular weight excluding hydrogens is 314 g/mol. The fourth-order valence-electron chi connectivity index (χ4n) is 2.38. The number of likely N-dealkylation sites (tertiary alicyclic amines) is 1. The zero-order valence-corrected chi connectivity index (χ0v) is 15.0. The van der Waals surface area contributed by atoms with Crippen molar-refractivity contribution in [3.8, 4) is 0 Å². The molecule has 23 heavy (non-hydrogen) atoms. The highest BCUT2D eigenvalue weighted by atomic mass is 32.1. The third-order valence-corrected chi connectivity index (χ3v) is 4.60. The number of hydrogen-bond donors (Lipinski definition) is 1. The Morgan fingerprint density at radius 1 is 1.48 bits per heavy atom. The largest absolute Gasteiger partial charge is 0.444 e. The number of carbonyl (C=O) groups excluding carboxylic acids is 2. The Kier molecular flexibility index (Phi) is 5.62. The molecule has 0 aliphatic carbocycles. The zero-order chi connectivity index (χ0) is 17.0. The molecule has 128 valence electrons. The van der Waals surface area contributed by atoms with Crippen LogP contribution in [0.4, 0.5) is 4.79 Å². The highest BCUT2D eigenvalue weighted by Crippen LogP contribution is 2.20. The molecule has 2 rings (SSSR count). The summed E-state index contributed by atoms with van der Waals surface area (Å²) in [6.07, 6.45) is 1.23. The molecule has 2 heterocycles. The summed E-state index contributed by atoms with van der Waals surface area (Å²) in [6, 6.07) is 0. The normalized spacial score (nSPS) is 18.1. The smallest absolute Gasteiger partial charge is 0.410 e. The van der Waals surface area contributed by atoms with E-state index in [1.165, 1.54) is 0 Å². The van der Waals surface area contributed by atoms with Crippen LogP contribution in [-0.2, 0) is 22.5 Å².